The molecular weight excluding hydrogens is 394 g/mol. The average molecular weight is 420 g/mol. The van der Waals surface area contributed by atoms with Crippen LogP contribution in [-0.4, -0.2) is 47.5 Å². The highest BCUT2D eigenvalue weighted by Gasteiger charge is 2.31. The Hall–Kier alpha value is -1.86. The number of aromatic nitrogens is 2. The molecule has 0 radical (unpaired) electrons. The first kappa shape index (κ1) is 18.9. The monoisotopic (exact) mass is 419 g/mol. The number of carbonyl (C=O) groups excluding carboxylic acids is 1. The Morgan fingerprint density at radius 1 is 1.46 bits per heavy atom. The molecule has 140 valence electrons. The van der Waals surface area contributed by atoms with Crippen LogP contribution in [0.25, 0.3) is 0 Å². The highest BCUT2D eigenvalue weighted by Crippen LogP contribution is 2.28. The number of anilines is 2. The van der Waals surface area contributed by atoms with Gasteiger partial charge in [0.05, 0.1) is 17.4 Å². The third-order valence-electron chi connectivity index (χ3n) is 4.72. The van der Waals surface area contributed by atoms with Gasteiger partial charge in [-0.1, -0.05) is 0 Å². The molecule has 2 unspecified atom stereocenters. The molecule has 1 fully saturated rings. The molecule has 1 aliphatic heterocycles. The number of pyridine rings is 1. The molecule has 1 aliphatic rings. The minimum absolute atomic E-state index is 0.107. The summed E-state index contributed by atoms with van der Waals surface area (Å²) in [6.07, 6.45) is 5.34. The molecule has 3 rings (SSSR count). The van der Waals surface area contributed by atoms with E-state index >= 15 is 0 Å². The number of H-pyrrole nitrogens is 1. The molecule has 2 aromatic rings. The Balaban J connectivity index is 1.74. The lowest BCUT2D eigenvalue weighted by atomic mass is 9.94. The van der Waals surface area contributed by atoms with E-state index in [1.54, 1.807) is 6.20 Å². The van der Waals surface area contributed by atoms with Crippen LogP contribution in [0.15, 0.2) is 35.1 Å². The van der Waals surface area contributed by atoms with E-state index in [0.717, 1.165) is 35.4 Å². The fraction of sp³-hybridized carbons (Fsp3) is 0.474. The zero-order valence-corrected chi connectivity index (χ0v) is 17.0. The van der Waals surface area contributed by atoms with E-state index in [1.165, 1.54) is 0 Å². The summed E-state index contributed by atoms with van der Waals surface area (Å²) < 4.78 is 0.892. The van der Waals surface area contributed by atoms with Crippen LogP contribution < -0.4 is 15.5 Å². The highest BCUT2D eigenvalue weighted by atomic mass is 79.9. The van der Waals surface area contributed by atoms with Crippen molar-refractivity contribution < 1.29 is 4.79 Å². The predicted molar refractivity (Wildman–Crippen MR) is 109 cm³/mol. The first-order valence-electron chi connectivity index (χ1n) is 9.01. The number of ketones is 1. The second-order valence-corrected chi connectivity index (χ2v) is 7.98. The number of aromatic amines is 1. The van der Waals surface area contributed by atoms with E-state index in [0.29, 0.717) is 11.7 Å². The minimum Gasteiger partial charge on any atom is -0.380 e. The lowest BCUT2D eigenvalue weighted by Gasteiger charge is -2.37. The van der Waals surface area contributed by atoms with E-state index in [2.05, 4.69) is 68.4 Å². The summed E-state index contributed by atoms with van der Waals surface area (Å²) in [5.41, 5.74) is 1.66. The second kappa shape index (κ2) is 8.22. The molecular formula is C19H26BrN5O. The van der Waals surface area contributed by atoms with Crippen LogP contribution >= 0.6 is 15.9 Å². The van der Waals surface area contributed by atoms with E-state index in [-0.39, 0.29) is 17.9 Å². The van der Waals surface area contributed by atoms with Crippen molar-refractivity contribution in [1.29, 1.82) is 0 Å². The van der Waals surface area contributed by atoms with Gasteiger partial charge in [0.25, 0.3) is 0 Å². The molecule has 7 heteroatoms. The number of nitrogens with zero attached hydrogens (tertiary/aromatic N) is 2. The van der Waals surface area contributed by atoms with E-state index in [1.807, 2.05) is 18.3 Å². The summed E-state index contributed by atoms with van der Waals surface area (Å²) in [5.74, 6) is 1.04. The van der Waals surface area contributed by atoms with Crippen molar-refractivity contribution in [3.05, 3.63) is 40.8 Å². The van der Waals surface area contributed by atoms with E-state index < -0.39 is 0 Å². The third kappa shape index (κ3) is 4.27. The molecule has 6 nitrogen and oxygen atoms in total. The van der Waals surface area contributed by atoms with Crippen molar-refractivity contribution in [2.45, 2.75) is 44.8 Å². The zero-order valence-electron chi connectivity index (χ0n) is 15.4. The fourth-order valence-electron chi connectivity index (χ4n) is 3.42. The van der Waals surface area contributed by atoms with Crippen molar-refractivity contribution in [2.24, 2.45) is 0 Å². The summed E-state index contributed by atoms with van der Waals surface area (Å²) >= 11 is 3.39. The van der Waals surface area contributed by atoms with Crippen LogP contribution in [0.4, 0.5) is 11.5 Å². The van der Waals surface area contributed by atoms with E-state index in [4.69, 9.17) is 0 Å². The molecule has 0 spiro atoms. The third-order valence-corrected chi connectivity index (χ3v) is 5.18. The molecule has 0 amide bonds. The van der Waals surface area contributed by atoms with Crippen LogP contribution in [0.2, 0.25) is 0 Å². The average Bonchev–Trinajstić information content (AvgIpc) is 3.07. The van der Waals surface area contributed by atoms with Gasteiger partial charge in [0.1, 0.15) is 0 Å². The van der Waals surface area contributed by atoms with Crippen LogP contribution in [0, 0.1) is 0 Å². The number of carbonyl (C=O) groups is 1. The van der Waals surface area contributed by atoms with Crippen molar-refractivity contribution >= 4 is 33.2 Å². The van der Waals surface area contributed by atoms with Crippen LogP contribution in [0.3, 0.4) is 0 Å². The Morgan fingerprint density at radius 3 is 2.96 bits per heavy atom. The quantitative estimate of drug-likeness (QED) is 0.625. The van der Waals surface area contributed by atoms with Crippen molar-refractivity contribution in [3.63, 3.8) is 0 Å². The Kier molecular flexibility index (Phi) is 5.98. The summed E-state index contributed by atoms with van der Waals surface area (Å²) in [6, 6.07) is 6.23. The Labute approximate surface area is 162 Å². The van der Waals surface area contributed by atoms with Crippen LogP contribution in [0.5, 0.6) is 0 Å². The van der Waals surface area contributed by atoms with Gasteiger partial charge in [-0.2, -0.15) is 0 Å². The number of nitrogens with one attached hydrogen (secondary N) is 3. The standard InChI is InChI=1S/C19H26BrN5O/c1-12(2)24-15-5-4-7-22-19(15)25(3)14-6-8-21-17(10-14)18(26)16-9-13(20)11-23-16/h4-5,7,9,11-12,14,17,21,23-24H,6,8,10H2,1-3H3. The van der Waals surface area contributed by atoms with Gasteiger partial charge in [-0.25, -0.2) is 4.98 Å². The number of halogens is 1. The molecule has 0 aromatic carbocycles. The molecule has 2 atom stereocenters. The fourth-order valence-corrected chi connectivity index (χ4v) is 3.76. The maximum Gasteiger partial charge on any atom is 0.195 e. The predicted octanol–water partition coefficient (Wildman–Crippen LogP) is 3.43. The maximum absolute atomic E-state index is 12.8. The van der Waals surface area contributed by atoms with Gasteiger partial charge in [-0.3, -0.25) is 4.79 Å². The van der Waals surface area contributed by atoms with Gasteiger partial charge in [-0.15, -0.1) is 0 Å². The molecule has 26 heavy (non-hydrogen) atoms. The lowest BCUT2D eigenvalue weighted by Crippen LogP contribution is -2.50. The lowest BCUT2D eigenvalue weighted by molar-refractivity contribution is 0.0916. The van der Waals surface area contributed by atoms with Gasteiger partial charge >= 0.3 is 0 Å². The molecule has 0 bridgehead atoms. The number of hydrogen-bond acceptors (Lipinski definition) is 5. The first-order chi connectivity index (χ1) is 12.5. The normalized spacial score (nSPS) is 20.2. The topological polar surface area (TPSA) is 73.1 Å². The second-order valence-electron chi connectivity index (χ2n) is 7.07. The SMILES string of the molecule is CC(C)Nc1cccnc1N(C)C1CCNC(C(=O)c2cc(Br)c[nH]2)C1. The summed E-state index contributed by atoms with van der Waals surface area (Å²) in [6.45, 7) is 5.04. The van der Waals surface area contributed by atoms with E-state index in [9.17, 15) is 4.79 Å². The molecule has 0 aliphatic carbocycles. The zero-order chi connectivity index (χ0) is 18.7. The Morgan fingerprint density at radius 2 is 2.27 bits per heavy atom. The number of Topliss-reactive ketones (excluding diaryl/α,β-unsaturated/α-hetero) is 1. The van der Waals surface area contributed by atoms with Crippen LogP contribution in [-0.2, 0) is 0 Å². The summed E-state index contributed by atoms with van der Waals surface area (Å²) in [4.78, 5) is 22.6. The number of piperidine rings is 1. The Bertz CT molecular complexity index is 760. The smallest absolute Gasteiger partial charge is 0.195 e. The number of hydrogen-bond donors (Lipinski definition) is 3. The van der Waals surface area contributed by atoms with Crippen molar-refractivity contribution in [2.75, 3.05) is 23.8 Å². The molecule has 0 saturated carbocycles. The van der Waals surface area contributed by atoms with Gasteiger partial charge in [-0.05, 0) is 67.4 Å². The summed E-state index contributed by atoms with van der Waals surface area (Å²) in [5, 5.41) is 6.82. The highest BCUT2D eigenvalue weighted by molar-refractivity contribution is 9.10. The largest absolute Gasteiger partial charge is 0.380 e. The summed E-state index contributed by atoms with van der Waals surface area (Å²) in [7, 11) is 2.07. The van der Waals surface area contributed by atoms with Gasteiger partial charge in [0, 0.05) is 36.0 Å². The van der Waals surface area contributed by atoms with Gasteiger partial charge in [0.2, 0.25) is 0 Å². The molecule has 1 saturated heterocycles. The van der Waals surface area contributed by atoms with Crippen molar-refractivity contribution in [1.82, 2.24) is 15.3 Å². The van der Waals surface area contributed by atoms with Gasteiger partial charge in [0.15, 0.2) is 11.6 Å². The number of rotatable bonds is 6. The van der Waals surface area contributed by atoms with Crippen molar-refractivity contribution in [3.8, 4) is 0 Å². The molecule has 2 aromatic heterocycles. The van der Waals surface area contributed by atoms with Gasteiger partial charge < -0.3 is 20.5 Å². The molecule has 3 heterocycles. The van der Waals surface area contributed by atoms with Crippen LogP contribution in [0.1, 0.15) is 37.2 Å². The molecule has 3 N–H and O–H groups in total. The maximum atomic E-state index is 12.8. The minimum atomic E-state index is -0.188. The first-order valence-corrected chi connectivity index (χ1v) is 9.81.